The molecule has 2 N–H and O–H groups in total. The Morgan fingerprint density at radius 2 is 1.18 bits per heavy atom. The summed E-state index contributed by atoms with van der Waals surface area (Å²) < 4.78 is 0. The third-order valence-corrected chi connectivity index (χ3v) is 1.56. The van der Waals surface area contributed by atoms with E-state index >= 15 is 0 Å². The van der Waals surface area contributed by atoms with Crippen LogP contribution in [0.5, 0.6) is 0 Å². The molecule has 17 heavy (non-hydrogen) atoms. The van der Waals surface area contributed by atoms with Gasteiger partial charge in [0.25, 0.3) is 0 Å². The molecule has 0 aromatic carbocycles. The highest BCUT2D eigenvalue weighted by atomic mass is 14.7. The molecule has 0 saturated heterocycles. The molecule has 0 aromatic rings. The lowest BCUT2D eigenvalue weighted by molar-refractivity contribution is -0.484. The van der Waals surface area contributed by atoms with Crippen LogP contribution in [0.3, 0.4) is 0 Å². The first-order valence-electron chi connectivity index (χ1n) is 6.10. The van der Waals surface area contributed by atoms with E-state index in [0.717, 1.165) is 19.5 Å². The number of hydrogen-bond acceptors (Lipinski definition) is 0. The molecule has 0 aromatic heterocycles. The van der Waals surface area contributed by atoms with E-state index in [-0.39, 0.29) is 0 Å². The van der Waals surface area contributed by atoms with Gasteiger partial charge in [0.15, 0.2) is 12.4 Å². The summed E-state index contributed by atoms with van der Waals surface area (Å²) in [5.74, 6) is 0. The second-order valence-corrected chi connectivity index (χ2v) is 2.84. The Hall–Kier alpha value is -1.70. The molecule has 0 radical (unpaired) electrons. The summed E-state index contributed by atoms with van der Waals surface area (Å²) in [7, 11) is 0. The van der Waals surface area contributed by atoms with Crippen molar-refractivity contribution in [2.45, 2.75) is 20.3 Å². The quantitative estimate of drug-likeness (QED) is 0.341. The van der Waals surface area contributed by atoms with Gasteiger partial charge in [-0.15, -0.1) is 0 Å². The van der Waals surface area contributed by atoms with E-state index in [1.54, 1.807) is 12.2 Å². The summed E-state index contributed by atoms with van der Waals surface area (Å²) in [6.07, 6.45) is 16.1. The molecular formula is C15H26N2+2. The van der Waals surface area contributed by atoms with Gasteiger partial charge in [-0.3, -0.25) is 0 Å². The van der Waals surface area contributed by atoms with Crippen molar-refractivity contribution in [3.63, 3.8) is 0 Å². The molecule has 0 spiro atoms. The molecule has 0 aliphatic rings. The average Bonchev–Trinajstić information content (AvgIpc) is 2.38. The van der Waals surface area contributed by atoms with E-state index in [1.165, 1.54) is 0 Å². The van der Waals surface area contributed by atoms with Crippen LogP contribution < -0.4 is 9.98 Å². The summed E-state index contributed by atoms with van der Waals surface area (Å²) in [5, 5.41) is 0. The lowest BCUT2D eigenvalue weighted by atomic mass is 10.4. The van der Waals surface area contributed by atoms with E-state index in [0.29, 0.717) is 0 Å². The molecular weight excluding hydrogens is 208 g/mol. The fraction of sp³-hybridized carbons (Fsp3) is 0.333. The number of allylic oxidation sites excluding steroid dienone is 6. The Kier molecular flexibility index (Phi) is 20.6. The molecule has 0 heterocycles. The highest BCUT2D eigenvalue weighted by Gasteiger charge is 1.87. The van der Waals surface area contributed by atoms with Gasteiger partial charge in [0.05, 0.1) is 6.42 Å². The molecule has 0 unspecified atom stereocenters. The lowest BCUT2D eigenvalue weighted by Crippen LogP contribution is -2.73. The van der Waals surface area contributed by atoms with Crippen LogP contribution in [-0.4, -0.2) is 25.5 Å². The minimum atomic E-state index is 0.966. The molecule has 0 aliphatic heterocycles. The molecule has 0 aliphatic carbocycles. The van der Waals surface area contributed by atoms with E-state index < -0.39 is 0 Å². The summed E-state index contributed by atoms with van der Waals surface area (Å²) >= 11 is 0. The Balaban J connectivity index is 0. The van der Waals surface area contributed by atoms with E-state index in [1.807, 2.05) is 50.6 Å². The first-order valence-corrected chi connectivity index (χ1v) is 6.10. The first-order chi connectivity index (χ1) is 8.41. The molecule has 0 saturated carbocycles. The summed E-state index contributed by atoms with van der Waals surface area (Å²) in [4.78, 5) is 6.35. The van der Waals surface area contributed by atoms with Gasteiger partial charge >= 0.3 is 0 Å². The Morgan fingerprint density at radius 1 is 0.765 bits per heavy atom. The van der Waals surface area contributed by atoms with Crippen LogP contribution in [0.4, 0.5) is 0 Å². The maximum absolute atomic E-state index is 3.58. The van der Waals surface area contributed by atoms with E-state index in [2.05, 4.69) is 23.1 Å². The molecule has 0 bridgehead atoms. The van der Waals surface area contributed by atoms with Crippen molar-refractivity contribution in [1.29, 1.82) is 0 Å². The third-order valence-electron chi connectivity index (χ3n) is 1.56. The van der Waals surface area contributed by atoms with Crippen LogP contribution in [-0.2, 0) is 0 Å². The average molecular weight is 234 g/mol. The monoisotopic (exact) mass is 234 g/mol. The van der Waals surface area contributed by atoms with E-state index in [9.17, 15) is 0 Å². The predicted octanol–water partition coefficient (Wildman–Crippen LogP) is 0.190. The zero-order chi connectivity index (χ0) is 13.2. The van der Waals surface area contributed by atoms with Crippen molar-refractivity contribution in [2.75, 3.05) is 13.1 Å². The minimum Gasteiger partial charge on any atom is -0.248 e. The smallest absolute Gasteiger partial charge is 0.161 e. The van der Waals surface area contributed by atoms with Crippen LogP contribution in [0.2, 0.25) is 0 Å². The summed E-state index contributed by atoms with van der Waals surface area (Å²) in [6.45, 7) is 13.1. The normalized spacial score (nSPS) is 11.2. The van der Waals surface area contributed by atoms with Gasteiger partial charge in [-0.1, -0.05) is 51.3 Å². The van der Waals surface area contributed by atoms with Gasteiger partial charge in [-0.05, 0) is 0 Å². The molecule has 0 atom stereocenters. The second-order valence-electron chi connectivity index (χ2n) is 2.84. The Morgan fingerprint density at radius 3 is 1.53 bits per heavy atom. The molecule has 0 fully saturated rings. The first kappa shape index (κ1) is 17.7. The van der Waals surface area contributed by atoms with Crippen LogP contribution in [0.25, 0.3) is 0 Å². The maximum Gasteiger partial charge on any atom is 0.161 e. The number of hydrogen-bond donors (Lipinski definition) is 2. The second kappa shape index (κ2) is 19.8. The molecule has 2 nitrogen and oxygen atoms in total. The van der Waals surface area contributed by atoms with Crippen molar-refractivity contribution in [3.05, 3.63) is 49.6 Å². The highest BCUT2D eigenvalue weighted by Crippen LogP contribution is 1.64. The SMILES string of the molecule is C=C/C=C\C=[NH+]CCC[NH+]=C/C=C\C=C.CC. The molecule has 2 heteroatoms. The largest absolute Gasteiger partial charge is 0.248 e. The standard InChI is InChI=1S/C13H18N2.C2H6/c1-3-5-7-10-14-12-9-13-15-11-8-6-4-2;1-2/h3-8,10-11H,1-2,9,12-13H2;1-2H3/p+2/b7-5-,8-6-,14-10?,15-11?;. The Labute approximate surface area is 106 Å². The highest BCUT2D eigenvalue weighted by molar-refractivity contribution is 5.65. The zero-order valence-corrected chi connectivity index (χ0v) is 11.2. The van der Waals surface area contributed by atoms with Crippen LogP contribution in [0.1, 0.15) is 20.3 Å². The van der Waals surface area contributed by atoms with Crippen molar-refractivity contribution in [1.82, 2.24) is 0 Å². The van der Waals surface area contributed by atoms with Crippen LogP contribution in [0, 0.1) is 0 Å². The molecule has 0 amide bonds. The zero-order valence-electron chi connectivity index (χ0n) is 11.2. The predicted molar refractivity (Wildman–Crippen MR) is 78.4 cm³/mol. The van der Waals surface area contributed by atoms with Gasteiger partial charge in [-0.2, -0.15) is 0 Å². The minimum absolute atomic E-state index is 0.966. The Bertz CT molecular complexity index is 243. The van der Waals surface area contributed by atoms with Gasteiger partial charge in [0.1, 0.15) is 13.1 Å². The number of nitrogens with one attached hydrogen (secondary N) is 2. The van der Waals surface area contributed by atoms with Crippen molar-refractivity contribution >= 4 is 12.4 Å². The van der Waals surface area contributed by atoms with Crippen molar-refractivity contribution < 1.29 is 9.98 Å². The fourth-order valence-electron chi connectivity index (χ4n) is 0.864. The number of rotatable bonds is 8. The van der Waals surface area contributed by atoms with Crippen LogP contribution in [0.15, 0.2) is 49.6 Å². The topological polar surface area (TPSA) is 27.9 Å². The third kappa shape index (κ3) is 20.4. The van der Waals surface area contributed by atoms with Crippen LogP contribution >= 0.6 is 0 Å². The van der Waals surface area contributed by atoms with E-state index in [4.69, 9.17) is 0 Å². The summed E-state index contributed by atoms with van der Waals surface area (Å²) in [5.41, 5.74) is 0. The van der Waals surface area contributed by atoms with Gasteiger partial charge in [0, 0.05) is 12.2 Å². The van der Waals surface area contributed by atoms with Gasteiger partial charge in [0.2, 0.25) is 0 Å². The molecule has 94 valence electrons. The lowest BCUT2D eigenvalue weighted by Gasteiger charge is -1.80. The molecule has 0 rings (SSSR count). The van der Waals surface area contributed by atoms with Gasteiger partial charge < -0.3 is 0 Å². The fourth-order valence-corrected chi connectivity index (χ4v) is 0.864. The van der Waals surface area contributed by atoms with Gasteiger partial charge in [-0.25, -0.2) is 9.98 Å². The van der Waals surface area contributed by atoms with Crippen molar-refractivity contribution in [3.8, 4) is 0 Å². The maximum atomic E-state index is 3.58. The summed E-state index contributed by atoms with van der Waals surface area (Å²) in [6, 6.07) is 0. The van der Waals surface area contributed by atoms with Crippen molar-refractivity contribution in [2.24, 2.45) is 0 Å².